The van der Waals surface area contributed by atoms with Crippen LogP contribution in [-0.2, 0) is 32.0 Å². The number of ether oxygens (including phenoxy) is 1. The number of aliphatic hydroxyl groups is 3. The van der Waals surface area contributed by atoms with Crippen molar-refractivity contribution in [1.82, 2.24) is 0 Å². The Labute approximate surface area is 239 Å². The molecule has 4 atom stereocenters. The van der Waals surface area contributed by atoms with E-state index in [-0.39, 0.29) is 60.4 Å². The number of rotatable bonds is 7. The lowest BCUT2D eigenvalue weighted by molar-refractivity contribution is -0.171. The van der Waals surface area contributed by atoms with Gasteiger partial charge in [-0.05, 0) is 55.2 Å². The first-order valence-electron chi connectivity index (χ1n) is 14.1. The van der Waals surface area contributed by atoms with Crippen molar-refractivity contribution in [2.75, 3.05) is 6.61 Å². The average Bonchev–Trinajstić information content (AvgIpc) is 2.84. The van der Waals surface area contributed by atoms with Gasteiger partial charge in [-0.2, -0.15) is 0 Å². The van der Waals surface area contributed by atoms with Crippen molar-refractivity contribution >= 4 is 23.3 Å². The number of carbonyl (C=O) groups is 4. The summed E-state index contributed by atoms with van der Waals surface area (Å²) in [6.07, 6.45) is 0.494. The molecule has 0 aliphatic heterocycles. The fraction of sp³-hybridized carbons (Fsp3) is 0.562. The summed E-state index contributed by atoms with van der Waals surface area (Å²) >= 11 is 0. The molecule has 4 N–H and O–H groups in total. The summed E-state index contributed by atoms with van der Waals surface area (Å²) in [4.78, 5) is 52.6. The zero-order valence-corrected chi connectivity index (χ0v) is 24.8. The number of hydrogen-bond donors (Lipinski definition) is 4. The molecule has 0 amide bonds. The second-order valence-electron chi connectivity index (χ2n) is 13.1. The lowest BCUT2D eigenvalue weighted by atomic mass is 9.44. The quantitative estimate of drug-likeness (QED) is 0.275. The van der Waals surface area contributed by atoms with E-state index in [0.29, 0.717) is 17.7 Å². The monoisotopic (exact) mass is 568 g/mol. The van der Waals surface area contributed by atoms with E-state index < -0.39 is 56.8 Å². The zero-order valence-electron chi connectivity index (χ0n) is 24.8. The molecule has 0 saturated heterocycles. The van der Waals surface area contributed by atoms with Gasteiger partial charge in [-0.25, -0.2) is 0 Å². The highest BCUT2D eigenvalue weighted by atomic mass is 16.5. The molecule has 0 heterocycles. The van der Waals surface area contributed by atoms with Crippen LogP contribution >= 0.6 is 0 Å². The van der Waals surface area contributed by atoms with Gasteiger partial charge in [0.05, 0.1) is 12.2 Å². The van der Waals surface area contributed by atoms with Gasteiger partial charge in [-0.3, -0.25) is 19.2 Å². The second-order valence-corrected chi connectivity index (χ2v) is 13.1. The van der Waals surface area contributed by atoms with Gasteiger partial charge in [0.2, 0.25) is 5.78 Å². The summed E-state index contributed by atoms with van der Waals surface area (Å²) < 4.78 is 5.29. The Morgan fingerprint density at radius 3 is 2.27 bits per heavy atom. The largest absolute Gasteiger partial charge is 0.511 e. The van der Waals surface area contributed by atoms with Crippen molar-refractivity contribution in [1.29, 1.82) is 0 Å². The summed E-state index contributed by atoms with van der Waals surface area (Å²) in [5.74, 6) is -5.68. The molecule has 222 valence electrons. The van der Waals surface area contributed by atoms with Gasteiger partial charge < -0.3 is 25.2 Å². The van der Waals surface area contributed by atoms with Crippen LogP contribution in [0, 0.1) is 28.6 Å². The highest BCUT2D eigenvalue weighted by Gasteiger charge is 2.71. The molecule has 41 heavy (non-hydrogen) atoms. The molecule has 0 spiro atoms. The van der Waals surface area contributed by atoms with Gasteiger partial charge >= 0.3 is 5.97 Å². The van der Waals surface area contributed by atoms with E-state index in [4.69, 9.17) is 4.74 Å². The summed E-state index contributed by atoms with van der Waals surface area (Å²) in [5, 5.41) is 45.8. The molecule has 0 aromatic heterocycles. The number of esters is 1. The molecule has 0 fully saturated rings. The fourth-order valence-electron chi connectivity index (χ4n) is 7.60. The molecule has 1 aromatic carbocycles. The van der Waals surface area contributed by atoms with Crippen molar-refractivity contribution in [2.24, 2.45) is 28.6 Å². The highest BCUT2D eigenvalue weighted by molar-refractivity contribution is 6.25. The number of phenolic OH excluding ortho intramolecular Hbond substituents is 1. The topological polar surface area (TPSA) is 158 Å². The first-order valence-corrected chi connectivity index (χ1v) is 14.1. The van der Waals surface area contributed by atoms with Gasteiger partial charge in [0, 0.05) is 28.7 Å². The third-order valence-corrected chi connectivity index (χ3v) is 9.16. The van der Waals surface area contributed by atoms with Crippen molar-refractivity contribution in [2.45, 2.75) is 79.8 Å². The van der Waals surface area contributed by atoms with Crippen molar-refractivity contribution < 1.29 is 44.3 Å². The summed E-state index contributed by atoms with van der Waals surface area (Å²) in [7, 11) is 0. The Morgan fingerprint density at radius 1 is 1.07 bits per heavy atom. The van der Waals surface area contributed by atoms with Crippen LogP contribution < -0.4 is 0 Å². The lowest BCUT2D eigenvalue weighted by Gasteiger charge is -2.59. The van der Waals surface area contributed by atoms with Gasteiger partial charge in [0.15, 0.2) is 17.2 Å². The van der Waals surface area contributed by atoms with E-state index in [0.717, 1.165) is 6.92 Å². The Morgan fingerprint density at radius 2 is 1.71 bits per heavy atom. The maximum atomic E-state index is 14.1. The zero-order chi connectivity index (χ0) is 30.8. The number of benzene rings is 1. The Bertz CT molecular complexity index is 1410. The Kier molecular flexibility index (Phi) is 7.53. The van der Waals surface area contributed by atoms with Gasteiger partial charge in [0.1, 0.15) is 22.8 Å². The van der Waals surface area contributed by atoms with Crippen molar-refractivity contribution in [3.8, 4) is 5.75 Å². The van der Waals surface area contributed by atoms with Crippen molar-refractivity contribution in [3.05, 3.63) is 51.5 Å². The summed E-state index contributed by atoms with van der Waals surface area (Å²) in [5.41, 5.74) is -4.90. The molecule has 9 heteroatoms. The number of aryl methyl sites for hydroxylation is 1. The number of allylic oxidation sites excluding steroid dienone is 2. The normalized spacial score (nSPS) is 29.5. The minimum absolute atomic E-state index is 0.0103. The lowest BCUT2D eigenvalue weighted by Crippen LogP contribution is -2.67. The third-order valence-electron chi connectivity index (χ3n) is 9.16. The molecule has 9 nitrogen and oxygen atoms in total. The minimum Gasteiger partial charge on any atom is -0.511 e. The number of phenols is 1. The number of aliphatic hydroxyl groups excluding tert-OH is 2. The molecule has 3 aliphatic rings. The third kappa shape index (κ3) is 4.40. The Hall–Kier alpha value is -3.46. The summed E-state index contributed by atoms with van der Waals surface area (Å²) in [6, 6.07) is 3.01. The smallest absolute Gasteiger partial charge is 0.306 e. The van der Waals surface area contributed by atoms with Crippen LogP contribution in [0.1, 0.15) is 82.8 Å². The number of carbonyl (C=O) groups excluding carboxylic acids is 4. The van der Waals surface area contributed by atoms with Gasteiger partial charge in [0.25, 0.3) is 0 Å². The van der Waals surface area contributed by atoms with E-state index in [1.807, 2.05) is 13.8 Å². The van der Waals surface area contributed by atoms with Crippen LogP contribution in [0.3, 0.4) is 0 Å². The van der Waals surface area contributed by atoms with E-state index >= 15 is 0 Å². The van der Waals surface area contributed by atoms with E-state index in [1.165, 1.54) is 6.07 Å². The first-order chi connectivity index (χ1) is 18.9. The number of ketones is 3. The number of Topliss-reactive ketones (excluding diaryl/α,β-unsaturated/α-hetero) is 3. The first kappa shape index (κ1) is 30.5. The fourth-order valence-corrected chi connectivity index (χ4v) is 7.60. The maximum absolute atomic E-state index is 14.1. The van der Waals surface area contributed by atoms with Gasteiger partial charge in [-0.1, -0.05) is 47.6 Å². The molecule has 1 aromatic rings. The molecule has 1 unspecified atom stereocenters. The second kappa shape index (κ2) is 10.1. The van der Waals surface area contributed by atoms with Crippen LogP contribution in [-0.4, -0.2) is 56.0 Å². The van der Waals surface area contributed by atoms with E-state index in [2.05, 4.69) is 0 Å². The van der Waals surface area contributed by atoms with E-state index in [9.17, 15) is 39.6 Å². The summed E-state index contributed by atoms with van der Waals surface area (Å²) in [6.45, 7) is 12.2. The van der Waals surface area contributed by atoms with Crippen LogP contribution in [0.5, 0.6) is 5.75 Å². The number of aromatic hydroxyl groups is 1. The molecular weight excluding hydrogens is 528 g/mol. The SMILES string of the molecule is CC(=O)C1=C(O)C(C(C)C)[C@@]2(C)C[C@@]3(C)Cc4c(CCC(=O)OCC(C)C)ccc(O)c4C(=O)C3=C(O)[C@@]2(O)C1=O. The molecule has 0 saturated carbocycles. The number of fused-ring (bicyclic) bond motifs is 3. The van der Waals surface area contributed by atoms with Crippen molar-refractivity contribution in [3.63, 3.8) is 0 Å². The molecule has 0 bridgehead atoms. The minimum atomic E-state index is -2.65. The molecule has 4 rings (SSSR count). The van der Waals surface area contributed by atoms with Crippen LogP contribution in [0.4, 0.5) is 0 Å². The standard InChI is InChI=1S/C32H40O9/c1-15(2)13-41-21(35)11-9-18-8-10-20(34)23-19(18)12-30(6)14-31(7)24(16(3)4)26(36)22(17(5)33)28(38)32(31,40)29(39)25(30)27(23)37/h8,10,15-16,24,34,36,39-40H,9,11-14H2,1-7H3/t24?,30-,31-,32+/m1/s1. The van der Waals surface area contributed by atoms with Crippen LogP contribution in [0.2, 0.25) is 0 Å². The average molecular weight is 569 g/mol. The predicted molar refractivity (Wildman–Crippen MR) is 149 cm³/mol. The van der Waals surface area contributed by atoms with Crippen LogP contribution in [0.25, 0.3) is 0 Å². The van der Waals surface area contributed by atoms with Crippen LogP contribution in [0.15, 0.2) is 34.8 Å². The molecule has 0 radical (unpaired) electrons. The van der Waals surface area contributed by atoms with Gasteiger partial charge in [-0.15, -0.1) is 0 Å². The maximum Gasteiger partial charge on any atom is 0.306 e. The Balaban J connectivity index is 1.88. The van der Waals surface area contributed by atoms with E-state index in [1.54, 1.807) is 33.8 Å². The molecular formula is C32H40O9. The number of hydrogen-bond acceptors (Lipinski definition) is 9. The highest BCUT2D eigenvalue weighted by Crippen LogP contribution is 2.65. The molecule has 3 aliphatic carbocycles. The predicted octanol–water partition coefficient (Wildman–Crippen LogP) is 4.48.